The van der Waals surface area contributed by atoms with Gasteiger partial charge in [-0.15, -0.1) is 16.4 Å². The zero-order valence-electron chi connectivity index (χ0n) is 21.0. The van der Waals surface area contributed by atoms with Gasteiger partial charge < -0.3 is 15.5 Å². The van der Waals surface area contributed by atoms with Crippen molar-refractivity contribution >= 4 is 45.4 Å². The number of fused-ring (bicyclic) bond motifs is 2. The molecule has 1 aliphatic heterocycles. The molecule has 1 aliphatic rings. The zero-order chi connectivity index (χ0) is 26.8. The van der Waals surface area contributed by atoms with Crippen LogP contribution in [0, 0.1) is 11.7 Å². The maximum Gasteiger partial charge on any atom is 0.313 e. The predicted molar refractivity (Wildman–Crippen MR) is 144 cm³/mol. The second kappa shape index (κ2) is 10.7. The molecule has 0 unspecified atom stereocenters. The highest BCUT2D eigenvalue weighted by Crippen LogP contribution is 2.31. The lowest BCUT2D eigenvalue weighted by molar-refractivity contribution is -0.136. The number of anilines is 2. The first-order valence-electron chi connectivity index (χ1n) is 12.4. The van der Waals surface area contributed by atoms with Crippen molar-refractivity contribution in [2.45, 2.75) is 33.1 Å². The van der Waals surface area contributed by atoms with Gasteiger partial charge in [-0.25, -0.2) is 8.91 Å². The number of thiazole rings is 1. The average molecular weight is 535 g/mol. The van der Waals surface area contributed by atoms with Crippen LogP contribution in [0.3, 0.4) is 0 Å². The second-order valence-corrected chi connectivity index (χ2v) is 10.3. The summed E-state index contributed by atoms with van der Waals surface area (Å²) in [5.74, 6) is -1.60. The summed E-state index contributed by atoms with van der Waals surface area (Å²) in [7, 11) is 0. The first-order chi connectivity index (χ1) is 18.3. The van der Waals surface area contributed by atoms with Crippen LogP contribution in [0.1, 0.15) is 31.5 Å². The van der Waals surface area contributed by atoms with Gasteiger partial charge in [-0.3, -0.25) is 14.4 Å². The van der Waals surface area contributed by atoms with Gasteiger partial charge in [0.1, 0.15) is 5.82 Å². The summed E-state index contributed by atoms with van der Waals surface area (Å²) < 4.78 is 15.2. The van der Waals surface area contributed by atoms with Gasteiger partial charge in [0.05, 0.1) is 5.69 Å². The Morgan fingerprint density at radius 3 is 2.76 bits per heavy atom. The first-order valence-corrected chi connectivity index (χ1v) is 13.3. The molecule has 0 aliphatic carbocycles. The molecule has 2 aromatic carbocycles. The third-order valence-corrected chi connectivity index (χ3v) is 7.19. The van der Waals surface area contributed by atoms with Crippen molar-refractivity contribution in [3.05, 3.63) is 64.9 Å². The zero-order valence-corrected chi connectivity index (χ0v) is 21.8. The molecule has 0 bridgehead atoms. The van der Waals surface area contributed by atoms with Gasteiger partial charge in [-0.1, -0.05) is 32.0 Å². The number of amides is 3. The van der Waals surface area contributed by atoms with E-state index in [1.165, 1.54) is 23.5 Å². The monoisotopic (exact) mass is 534 g/mol. The Kier molecular flexibility index (Phi) is 7.19. The fraction of sp³-hybridized carbons (Fsp3) is 0.296. The van der Waals surface area contributed by atoms with E-state index in [-0.39, 0.29) is 24.2 Å². The number of aryl methyl sites for hydroxylation is 1. The molecule has 0 saturated heterocycles. The molecule has 4 aromatic rings. The van der Waals surface area contributed by atoms with Gasteiger partial charge in [0.15, 0.2) is 5.82 Å². The standard InChI is InChI=1S/C27H27FN6O3S/c1-16(2)26(37)33-12-4-6-17-8-9-20(14-22(17)33)30-25(36)24(35)29-11-10-21-15-38-27-31-23(32-34(21)27)18-5-3-7-19(28)13-18/h3,5,7-9,13-16H,4,6,10-12H2,1-2H3,(H,29,35)(H,30,36). The SMILES string of the molecule is CC(C)C(=O)N1CCCc2ccc(NC(=O)C(=O)NCCc3csc4nc(-c5cccc(F)c5)nn34)cc21. The van der Waals surface area contributed by atoms with Crippen LogP contribution in [0.4, 0.5) is 15.8 Å². The minimum absolute atomic E-state index is 0.0325. The van der Waals surface area contributed by atoms with Crippen LogP contribution in [0.2, 0.25) is 0 Å². The van der Waals surface area contributed by atoms with Crippen molar-refractivity contribution < 1.29 is 18.8 Å². The number of nitrogens with one attached hydrogen (secondary N) is 2. The molecule has 5 rings (SSSR count). The molecule has 0 saturated carbocycles. The molecule has 9 nitrogen and oxygen atoms in total. The lowest BCUT2D eigenvalue weighted by atomic mass is 9.99. The topological polar surface area (TPSA) is 109 Å². The van der Waals surface area contributed by atoms with E-state index in [1.54, 1.807) is 33.7 Å². The van der Waals surface area contributed by atoms with Crippen molar-refractivity contribution in [3.63, 3.8) is 0 Å². The largest absolute Gasteiger partial charge is 0.347 e. The molecule has 196 valence electrons. The van der Waals surface area contributed by atoms with Gasteiger partial charge in [0.2, 0.25) is 10.9 Å². The van der Waals surface area contributed by atoms with Crippen LogP contribution in [0.15, 0.2) is 47.8 Å². The Morgan fingerprint density at radius 2 is 1.97 bits per heavy atom. The van der Waals surface area contributed by atoms with E-state index in [9.17, 15) is 18.8 Å². The Bertz CT molecular complexity index is 1530. The minimum Gasteiger partial charge on any atom is -0.347 e. The molecule has 0 atom stereocenters. The van der Waals surface area contributed by atoms with Crippen LogP contribution in [-0.4, -0.2) is 45.4 Å². The lowest BCUT2D eigenvalue weighted by Gasteiger charge is -2.31. The molecular weight excluding hydrogens is 507 g/mol. The molecule has 38 heavy (non-hydrogen) atoms. The van der Waals surface area contributed by atoms with E-state index in [4.69, 9.17) is 0 Å². The van der Waals surface area contributed by atoms with Gasteiger partial charge in [-0.2, -0.15) is 4.98 Å². The summed E-state index contributed by atoms with van der Waals surface area (Å²) in [6.07, 6.45) is 2.17. The number of nitrogens with zero attached hydrogens (tertiary/aromatic N) is 4. The fourth-order valence-corrected chi connectivity index (χ4v) is 5.27. The summed E-state index contributed by atoms with van der Waals surface area (Å²) in [6.45, 7) is 4.57. The van der Waals surface area contributed by atoms with Crippen LogP contribution in [0.5, 0.6) is 0 Å². The quantitative estimate of drug-likeness (QED) is 0.366. The molecular formula is C27H27FN6O3S. The molecule has 3 amide bonds. The summed E-state index contributed by atoms with van der Waals surface area (Å²) in [5.41, 5.74) is 3.67. The highest BCUT2D eigenvalue weighted by atomic mass is 32.1. The number of aromatic nitrogens is 3. The highest BCUT2D eigenvalue weighted by Gasteiger charge is 2.25. The number of carbonyl (C=O) groups excluding carboxylic acids is 3. The van der Waals surface area contributed by atoms with Crippen LogP contribution >= 0.6 is 11.3 Å². The molecule has 2 N–H and O–H groups in total. The second-order valence-electron chi connectivity index (χ2n) is 9.42. The normalized spacial score (nSPS) is 13.0. The smallest absolute Gasteiger partial charge is 0.313 e. The number of hydrogen-bond acceptors (Lipinski definition) is 6. The van der Waals surface area contributed by atoms with E-state index < -0.39 is 11.8 Å². The van der Waals surface area contributed by atoms with E-state index in [0.717, 1.165) is 29.8 Å². The van der Waals surface area contributed by atoms with Gasteiger partial charge >= 0.3 is 11.8 Å². The van der Waals surface area contributed by atoms with Crippen molar-refractivity contribution in [1.82, 2.24) is 19.9 Å². The Morgan fingerprint density at radius 1 is 1.13 bits per heavy atom. The maximum absolute atomic E-state index is 13.6. The van der Waals surface area contributed by atoms with E-state index in [2.05, 4.69) is 20.7 Å². The van der Waals surface area contributed by atoms with Crippen molar-refractivity contribution in [2.75, 3.05) is 23.3 Å². The summed E-state index contributed by atoms with van der Waals surface area (Å²) in [4.78, 5) is 44.5. The third-order valence-electron chi connectivity index (χ3n) is 6.33. The molecule has 0 spiro atoms. The molecule has 11 heteroatoms. The van der Waals surface area contributed by atoms with Crippen LogP contribution in [-0.2, 0) is 27.2 Å². The lowest BCUT2D eigenvalue weighted by Crippen LogP contribution is -2.38. The summed E-state index contributed by atoms with van der Waals surface area (Å²) in [5, 5.41) is 11.6. The first kappa shape index (κ1) is 25.5. The number of carbonyl (C=O) groups is 3. The summed E-state index contributed by atoms with van der Waals surface area (Å²) in [6, 6.07) is 11.5. The van der Waals surface area contributed by atoms with E-state index >= 15 is 0 Å². The van der Waals surface area contributed by atoms with E-state index in [0.29, 0.717) is 35.0 Å². The van der Waals surface area contributed by atoms with Crippen molar-refractivity contribution in [3.8, 4) is 11.4 Å². The van der Waals surface area contributed by atoms with Crippen molar-refractivity contribution in [2.24, 2.45) is 5.92 Å². The van der Waals surface area contributed by atoms with Gasteiger partial charge in [0, 0.05) is 47.7 Å². The molecule has 0 fully saturated rings. The van der Waals surface area contributed by atoms with Gasteiger partial charge in [-0.05, 0) is 42.7 Å². The fourth-order valence-electron chi connectivity index (χ4n) is 4.41. The number of rotatable bonds is 6. The van der Waals surface area contributed by atoms with Crippen LogP contribution in [0.25, 0.3) is 16.3 Å². The highest BCUT2D eigenvalue weighted by molar-refractivity contribution is 7.15. The number of halogens is 1. The average Bonchev–Trinajstić information content (AvgIpc) is 3.49. The van der Waals surface area contributed by atoms with Crippen molar-refractivity contribution in [1.29, 1.82) is 0 Å². The molecule has 2 aromatic heterocycles. The number of benzene rings is 2. The summed E-state index contributed by atoms with van der Waals surface area (Å²) >= 11 is 1.39. The molecule has 0 radical (unpaired) electrons. The minimum atomic E-state index is -0.785. The van der Waals surface area contributed by atoms with Gasteiger partial charge in [0.25, 0.3) is 0 Å². The Hall–Kier alpha value is -4.12. The Balaban J connectivity index is 1.19. The predicted octanol–water partition coefficient (Wildman–Crippen LogP) is 3.83. The van der Waals surface area contributed by atoms with Crippen LogP contribution < -0.4 is 15.5 Å². The maximum atomic E-state index is 13.6. The number of hydrogen-bond donors (Lipinski definition) is 2. The molecule has 3 heterocycles. The Labute approximate surface area is 222 Å². The van der Waals surface area contributed by atoms with E-state index in [1.807, 2.05) is 25.3 Å². The third kappa shape index (κ3) is 5.28.